The van der Waals surface area contributed by atoms with Crippen LogP contribution < -0.4 is 0 Å². The number of hydrogen-bond donors (Lipinski definition) is 0. The van der Waals surface area contributed by atoms with Crippen LogP contribution in [0, 0.1) is 0 Å². The molecular weight excluding hydrogens is 393 g/mol. The Morgan fingerprint density at radius 2 is 1.25 bits per heavy atom. The Morgan fingerprint density at radius 1 is 1.25 bits per heavy atom. The van der Waals surface area contributed by atoms with Gasteiger partial charge in [0.25, 0.3) is 0 Å². The van der Waals surface area contributed by atoms with E-state index in [1.807, 2.05) is 0 Å². The second kappa shape index (κ2) is 18.9. The molecule has 36 valence electrons. The first-order chi connectivity index (χ1) is 1.00. The fraction of sp³-hybridized carbons (Fsp3) is 0. The van der Waals surface area contributed by atoms with Gasteiger partial charge in [-0.15, -0.1) is 0 Å². The van der Waals surface area contributed by atoms with Crippen molar-refractivity contribution in [1.82, 2.24) is 0 Å². The van der Waals surface area contributed by atoms with E-state index in [0.29, 0.717) is 0 Å². The summed E-state index contributed by atoms with van der Waals surface area (Å²) >= 11 is 2.83. The summed E-state index contributed by atoms with van der Waals surface area (Å²) in [5.41, 5.74) is 0. The van der Waals surface area contributed by atoms with Crippen molar-refractivity contribution in [3.05, 3.63) is 0 Å². The van der Waals surface area contributed by atoms with Gasteiger partial charge in [-0.3, -0.25) is 0 Å². The molecule has 0 heterocycles. The van der Waals surface area contributed by atoms with Gasteiger partial charge >= 0.3 is 24.9 Å². The van der Waals surface area contributed by atoms with Gasteiger partial charge in [-0.2, -0.15) is 0 Å². The van der Waals surface area contributed by atoms with E-state index in [2.05, 4.69) is 24.9 Å². The van der Waals surface area contributed by atoms with Gasteiger partial charge in [0.05, 0.1) is 0 Å². The minimum absolute atomic E-state index is 0. The third-order valence-electron chi connectivity index (χ3n) is 0. The predicted octanol–water partition coefficient (Wildman–Crippen LogP) is 0.641. The number of rotatable bonds is 0. The second-order valence-electron chi connectivity index (χ2n) is 0. The Kier molecular flexibility index (Phi) is 77.1. The van der Waals surface area contributed by atoms with E-state index < -0.39 is 0 Å². The second-order valence-corrected chi connectivity index (χ2v) is 0. The third kappa shape index (κ3) is 8.88. The normalized spacial score (nSPS) is 1.25. The van der Waals surface area contributed by atoms with Crippen molar-refractivity contribution >= 4 is 10.6 Å². The van der Waals surface area contributed by atoms with Gasteiger partial charge in [-0.1, -0.05) is 0 Å². The van der Waals surface area contributed by atoms with Gasteiger partial charge < -0.3 is 0 Å². The van der Waals surface area contributed by atoms with Gasteiger partial charge in [-0.25, -0.2) is 0 Å². The first-order valence-electron chi connectivity index (χ1n) is 0.144. The van der Waals surface area contributed by atoms with Crippen LogP contribution in [0.4, 0.5) is 0 Å². The molecule has 0 rings (SSSR count). The van der Waals surface area contributed by atoms with Gasteiger partial charge in [-0.05, 0) is 0 Å². The summed E-state index contributed by atoms with van der Waals surface area (Å²) in [4.78, 5) is 0. The van der Waals surface area contributed by atoms with E-state index in [1.54, 1.807) is 0 Å². The molecule has 2 radical (unpaired) electrons. The van der Waals surface area contributed by atoms with Crippen LogP contribution in [0.25, 0.3) is 0 Å². The number of hydrogen-bond acceptors (Lipinski definition) is 1. The first-order valence-corrected chi connectivity index (χ1v) is 1.79. The molecule has 0 saturated heterocycles. The molecule has 0 N–H and O–H groups in total. The van der Waals surface area contributed by atoms with Crippen LogP contribution in [0.5, 0.6) is 0 Å². The van der Waals surface area contributed by atoms with E-state index in [9.17, 15) is 0 Å². The molecule has 0 aromatic rings. The first kappa shape index (κ1) is 16.3. The van der Waals surface area contributed by atoms with Crippen molar-refractivity contribution in [2.45, 2.75) is 0 Å². The third-order valence-corrected chi connectivity index (χ3v) is 0. The van der Waals surface area contributed by atoms with Crippen LogP contribution in [-0.2, 0) is 59.1 Å². The molecule has 0 aliphatic carbocycles. The maximum atomic E-state index is 3.83. The van der Waals surface area contributed by atoms with Crippen molar-refractivity contribution in [3.8, 4) is 0 Å². The van der Waals surface area contributed by atoms with Crippen molar-refractivity contribution in [2.75, 3.05) is 0 Å². The molecule has 0 spiro atoms. The molecular formula is AgAuFeS. The molecule has 0 amide bonds. The summed E-state index contributed by atoms with van der Waals surface area (Å²) in [6, 6.07) is 0. The summed E-state index contributed by atoms with van der Waals surface area (Å²) in [6.45, 7) is 0. The van der Waals surface area contributed by atoms with E-state index in [1.165, 1.54) is 0 Å². The average molecular weight is 393 g/mol. The van der Waals surface area contributed by atoms with Gasteiger partial charge in [0, 0.05) is 44.8 Å². The minimum atomic E-state index is 0. The molecule has 0 aromatic carbocycles. The van der Waals surface area contributed by atoms with Crippen LogP contribution in [0.15, 0.2) is 0 Å². The summed E-state index contributed by atoms with van der Waals surface area (Å²) < 4.78 is 0. The Balaban J connectivity index is -0.00000000500. The summed E-state index contributed by atoms with van der Waals surface area (Å²) in [5.74, 6) is 0. The zero-order valence-electron chi connectivity index (χ0n) is 1.36. The standard InChI is InChI=1S/Ag.Au.Fe.S. The van der Waals surface area contributed by atoms with Gasteiger partial charge in [0.1, 0.15) is 0 Å². The Morgan fingerprint density at radius 3 is 1.25 bits per heavy atom. The van der Waals surface area contributed by atoms with Crippen molar-refractivity contribution in [1.29, 1.82) is 0 Å². The topological polar surface area (TPSA) is 0 Å². The molecule has 0 bridgehead atoms. The van der Waals surface area contributed by atoms with Crippen molar-refractivity contribution in [3.63, 3.8) is 0 Å². The van der Waals surface area contributed by atoms with E-state index in [4.69, 9.17) is 0 Å². The zero-order valence-corrected chi connectivity index (χ0v) is 6.93. The Bertz CT molecular complexity index is 8.00. The molecule has 0 atom stereocenters. The van der Waals surface area contributed by atoms with Crippen LogP contribution in [0.2, 0.25) is 0 Å². The van der Waals surface area contributed by atoms with E-state index in [0.717, 1.165) is 0 Å². The SMILES string of the molecule is [Ag].[Au].[S]=[Fe]. The molecule has 4 heavy (non-hydrogen) atoms. The molecule has 0 nitrogen and oxygen atoms in total. The predicted molar refractivity (Wildman–Crippen MR) is 7.59 cm³/mol. The fourth-order valence-corrected chi connectivity index (χ4v) is 0. The van der Waals surface area contributed by atoms with Gasteiger partial charge in [0.2, 0.25) is 0 Å². The van der Waals surface area contributed by atoms with E-state index >= 15 is 0 Å². The molecule has 0 fully saturated rings. The average Bonchev–Trinajstić information content (AvgIpc) is 1.00. The van der Waals surface area contributed by atoms with Crippen LogP contribution >= 0.6 is 10.6 Å². The van der Waals surface area contributed by atoms with Gasteiger partial charge in [0.15, 0.2) is 0 Å². The van der Waals surface area contributed by atoms with E-state index in [-0.39, 0.29) is 44.8 Å². The zero-order chi connectivity index (χ0) is 2.00. The van der Waals surface area contributed by atoms with Crippen LogP contribution in [-0.4, -0.2) is 0 Å². The Labute approximate surface area is 68.8 Å². The van der Waals surface area contributed by atoms with Crippen LogP contribution in [0.1, 0.15) is 0 Å². The fourth-order valence-electron chi connectivity index (χ4n) is 0. The quantitative estimate of drug-likeness (QED) is 0.545. The van der Waals surface area contributed by atoms with Crippen molar-refractivity contribution < 1.29 is 59.1 Å². The molecule has 0 aliphatic rings. The molecule has 0 aliphatic heterocycles. The summed E-state index contributed by atoms with van der Waals surface area (Å²) in [7, 11) is 3.83. The molecule has 0 aromatic heterocycles. The van der Waals surface area contributed by atoms with Crippen LogP contribution in [0.3, 0.4) is 0 Å². The molecule has 4 heteroatoms. The molecule has 0 unspecified atom stereocenters. The molecule has 0 saturated carbocycles. The maximum absolute atomic E-state index is 3.83. The summed E-state index contributed by atoms with van der Waals surface area (Å²) in [6.07, 6.45) is 0. The monoisotopic (exact) mass is 392 g/mol. The van der Waals surface area contributed by atoms with Crippen molar-refractivity contribution in [2.24, 2.45) is 0 Å². The summed E-state index contributed by atoms with van der Waals surface area (Å²) in [5, 5.41) is 0. The Hall–Kier alpha value is 2.22.